The van der Waals surface area contributed by atoms with Crippen LogP contribution < -0.4 is 19.6 Å². The number of rotatable bonds is 10. The minimum Gasteiger partial charge on any atom is -0.493 e. The van der Waals surface area contributed by atoms with Gasteiger partial charge in [-0.1, -0.05) is 53.2 Å². The van der Waals surface area contributed by atoms with Gasteiger partial charge in [0.1, 0.15) is 0 Å². The first-order valence-corrected chi connectivity index (χ1v) is 12.8. The van der Waals surface area contributed by atoms with Crippen LogP contribution in [-0.2, 0) is 4.79 Å². The third kappa shape index (κ3) is 6.27. The second-order valence-electron chi connectivity index (χ2n) is 8.02. The third-order valence-corrected chi connectivity index (χ3v) is 6.63. The number of ether oxygens (including phenoxy) is 3. The third-order valence-electron chi connectivity index (χ3n) is 5.45. The van der Waals surface area contributed by atoms with E-state index in [1.165, 1.54) is 39.3 Å². The summed E-state index contributed by atoms with van der Waals surface area (Å²) in [6.45, 7) is 2.03. The zero-order valence-electron chi connectivity index (χ0n) is 21.3. The molecule has 0 bridgehead atoms. The van der Waals surface area contributed by atoms with Crippen molar-refractivity contribution in [3.63, 3.8) is 0 Å². The number of hydrogen-bond donors (Lipinski definition) is 1. The van der Waals surface area contributed by atoms with Gasteiger partial charge in [0, 0.05) is 21.8 Å². The summed E-state index contributed by atoms with van der Waals surface area (Å²) < 4.78 is 17.9. The van der Waals surface area contributed by atoms with Crippen molar-refractivity contribution in [3.05, 3.63) is 76.8 Å². The number of hydrazone groups is 1. The van der Waals surface area contributed by atoms with Crippen molar-refractivity contribution < 1.29 is 19.0 Å². The van der Waals surface area contributed by atoms with Crippen molar-refractivity contribution in [2.24, 2.45) is 5.10 Å². The van der Waals surface area contributed by atoms with E-state index < -0.39 is 0 Å². The highest BCUT2D eigenvalue weighted by Gasteiger charge is 2.17. The minimum atomic E-state index is -0.304. The lowest BCUT2D eigenvalue weighted by molar-refractivity contribution is -0.118. The number of carbonyl (C=O) groups is 1. The van der Waals surface area contributed by atoms with Crippen molar-refractivity contribution >= 4 is 35.5 Å². The monoisotopic (exact) mass is 551 g/mol. The van der Waals surface area contributed by atoms with Gasteiger partial charge in [0.05, 0.1) is 33.3 Å². The highest BCUT2D eigenvalue weighted by atomic mass is 35.5. The van der Waals surface area contributed by atoms with Gasteiger partial charge in [-0.15, -0.1) is 10.2 Å². The molecule has 0 aliphatic rings. The Bertz CT molecular complexity index is 1410. The van der Waals surface area contributed by atoms with Gasteiger partial charge in [-0.05, 0) is 43.3 Å². The number of thioether (sulfide) groups is 1. The number of aryl methyl sites for hydroxylation is 1. The molecular formula is C27H26ClN5O4S. The normalized spacial score (nSPS) is 11.0. The average Bonchev–Trinajstić information content (AvgIpc) is 3.36. The lowest BCUT2D eigenvalue weighted by Gasteiger charge is -2.12. The molecule has 0 saturated carbocycles. The number of carbonyl (C=O) groups excluding carboxylic acids is 1. The SMILES string of the molecule is COc1cc(/C=N/NC(=O)CSc2nnc(-c3ccc(C)cc3)n2-c2ccc(Cl)cc2)cc(OC)c1OC. The fourth-order valence-electron chi connectivity index (χ4n) is 3.59. The predicted octanol–water partition coefficient (Wildman–Crippen LogP) is 5.16. The molecule has 0 atom stereocenters. The Hall–Kier alpha value is -4.02. The van der Waals surface area contributed by atoms with E-state index in [4.69, 9.17) is 25.8 Å². The smallest absolute Gasteiger partial charge is 0.250 e. The van der Waals surface area contributed by atoms with Gasteiger partial charge < -0.3 is 14.2 Å². The summed E-state index contributed by atoms with van der Waals surface area (Å²) in [6, 6.07) is 18.8. The summed E-state index contributed by atoms with van der Waals surface area (Å²) in [4.78, 5) is 12.6. The Morgan fingerprint density at radius 1 is 1.00 bits per heavy atom. The molecule has 4 aromatic rings. The van der Waals surface area contributed by atoms with Crippen LogP contribution in [0.25, 0.3) is 17.1 Å². The van der Waals surface area contributed by atoms with E-state index in [2.05, 4.69) is 20.7 Å². The van der Waals surface area contributed by atoms with Crippen LogP contribution in [0.3, 0.4) is 0 Å². The molecule has 0 fully saturated rings. The van der Waals surface area contributed by atoms with Crippen molar-refractivity contribution in [1.82, 2.24) is 20.2 Å². The first-order valence-electron chi connectivity index (χ1n) is 11.5. The Morgan fingerprint density at radius 3 is 2.26 bits per heavy atom. The van der Waals surface area contributed by atoms with Gasteiger partial charge in [-0.2, -0.15) is 5.10 Å². The number of halogens is 1. The number of benzene rings is 3. The summed E-state index contributed by atoms with van der Waals surface area (Å²) >= 11 is 7.35. The molecule has 0 aliphatic heterocycles. The molecule has 1 N–H and O–H groups in total. The summed E-state index contributed by atoms with van der Waals surface area (Å²) in [7, 11) is 4.60. The van der Waals surface area contributed by atoms with Gasteiger partial charge in [0.2, 0.25) is 5.75 Å². The molecule has 9 nitrogen and oxygen atoms in total. The summed E-state index contributed by atoms with van der Waals surface area (Å²) in [6.07, 6.45) is 1.50. The molecule has 1 heterocycles. The van der Waals surface area contributed by atoms with Gasteiger partial charge >= 0.3 is 0 Å². The Balaban J connectivity index is 1.49. The average molecular weight is 552 g/mol. The molecule has 38 heavy (non-hydrogen) atoms. The van der Waals surface area contributed by atoms with E-state index in [0.29, 0.717) is 38.8 Å². The molecule has 3 aromatic carbocycles. The fourth-order valence-corrected chi connectivity index (χ4v) is 4.46. The maximum Gasteiger partial charge on any atom is 0.250 e. The lowest BCUT2D eigenvalue weighted by Crippen LogP contribution is -2.20. The van der Waals surface area contributed by atoms with Crippen LogP contribution in [0, 0.1) is 6.92 Å². The zero-order chi connectivity index (χ0) is 27.1. The van der Waals surface area contributed by atoms with Crippen LogP contribution in [-0.4, -0.2) is 54.0 Å². The number of nitrogens with zero attached hydrogens (tertiary/aromatic N) is 4. The molecule has 1 aromatic heterocycles. The van der Waals surface area contributed by atoms with Gasteiger partial charge in [-0.3, -0.25) is 9.36 Å². The first kappa shape index (κ1) is 27.0. The molecular weight excluding hydrogens is 526 g/mol. The first-order chi connectivity index (χ1) is 18.4. The second-order valence-corrected chi connectivity index (χ2v) is 9.40. The fraction of sp³-hybridized carbons (Fsp3) is 0.185. The van der Waals surface area contributed by atoms with Crippen molar-refractivity contribution in [2.75, 3.05) is 27.1 Å². The highest BCUT2D eigenvalue weighted by Crippen LogP contribution is 2.37. The van der Waals surface area contributed by atoms with Crippen molar-refractivity contribution in [1.29, 1.82) is 0 Å². The van der Waals surface area contributed by atoms with E-state index in [1.54, 1.807) is 24.3 Å². The van der Waals surface area contributed by atoms with E-state index >= 15 is 0 Å². The minimum absolute atomic E-state index is 0.0756. The molecule has 4 rings (SSSR count). The lowest BCUT2D eigenvalue weighted by atomic mass is 10.1. The number of aromatic nitrogens is 3. The van der Waals surface area contributed by atoms with Crippen LogP contribution in [0.2, 0.25) is 5.02 Å². The largest absolute Gasteiger partial charge is 0.493 e. The zero-order valence-corrected chi connectivity index (χ0v) is 22.8. The van der Waals surface area contributed by atoms with E-state index in [1.807, 2.05) is 47.9 Å². The highest BCUT2D eigenvalue weighted by molar-refractivity contribution is 7.99. The molecule has 1 amide bonds. The Labute approximate surface area is 229 Å². The molecule has 0 aliphatic carbocycles. The quantitative estimate of drug-likeness (QED) is 0.165. The van der Waals surface area contributed by atoms with Crippen LogP contribution >= 0.6 is 23.4 Å². The number of methoxy groups -OCH3 is 3. The Morgan fingerprint density at radius 2 is 1.66 bits per heavy atom. The maximum absolute atomic E-state index is 12.6. The number of hydrogen-bond acceptors (Lipinski definition) is 8. The molecule has 0 unspecified atom stereocenters. The topological polar surface area (TPSA) is 99.9 Å². The van der Waals surface area contributed by atoms with E-state index in [0.717, 1.165) is 16.8 Å². The Kier molecular flexibility index (Phi) is 8.88. The van der Waals surface area contributed by atoms with Gasteiger partial charge in [0.25, 0.3) is 5.91 Å². The van der Waals surface area contributed by atoms with Gasteiger partial charge in [0.15, 0.2) is 22.5 Å². The standard InChI is InChI=1S/C27H26ClN5O4S/c1-17-5-7-19(8-6-17)26-31-32-27(33(26)21-11-9-20(28)10-12-21)38-16-24(34)30-29-15-18-13-22(35-2)25(37-4)23(14-18)36-3/h5-15H,16H2,1-4H3,(H,30,34)/b29-15+. The molecule has 0 radical (unpaired) electrons. The summed E-state index contributed by atoms with van der Waals surface area (Å²) in [5.41, 5.74) is 6.08. The van der Waals surface area contributed by atoms with Crippen LogP contribution in [0.5, 0.6) is 17.2 Å². The molecule has 0 saturated heterocycles. The van der Waals surface area contributed by atoms with Crippen LogP contribution in [0.1, 0.15) is 11.1 Å². The molecule has 196 valence electrons. The number of nitrogens with one attached hydrogen (secondary N) is 1. The predicted molar refractivity (Wildman–Crippen MR) is 149 cm³/mol. The summed E-state index contributed by atoms with van der Waals surface area (Å²) in [5.74, 6) is 1.88. The molecule has 11 heteroatoms. The van der Waals surface area contributed by atoms with Crippen LogP contribution in [0.15, 0.2) is 70.9 Å². The van der Waals surface area contributed by atoms with Crippen molar-refractivity contribution in [2.45, 2.75) is 12.1 Å². The van der Waals surface area contributed by atoms with Crippen LogP contribution in [0.4, 0.5) is 0 Å². The molecule has 0 spiro atoms. The summed E-state index contributed by atoms with van der Waals surface area (Å²) in [5, 5.41) is 14.0. The second kappa shape index (κ2) is 12.5. The maximum atomic E-state index is 12.6. The van der Waals surface area contributed by atoms with E-state index in [-0.39, 0.29) is 11.7 Å². The van der Waals surface area contributed by atoms with Crippen molar-refractivity contribution in [3.8, 4) is 34.3 Å². The van der Waals surface area contributed by atoms with Gasteiger partial charge in [-0.25, -0.2) is 5.43 Å². The number of amides is 1. The van der Waals surface area contributed by atoms with E-state index in [9.17, 15) is 4.79 Å².